The highest BCUT2D eigenvalue weighted by molar-refractivity contribution is 5.79. The van der Waals surface area contributed by atoms with Crippen molar-refractivity contribution in [3.8, 4) is 0 Å². The van der Waals surface area contributed by atoms with Crippen molar-refractivity contribution in [3.63, 3.8) is 0 Å². The lowest BCUT2D eigenvalue weighted by Gasteiger charge is -2.23. The van der Waals surface area contributed by atoms with Crippen molar-refractivity contribution in [3.05, 3.63) is 0 Å². The summed E-state index contributed by atoms with van der Waals surface area (Å²) in [5.74, 6) is 0.249. The Morgan fingerprint density at radius 1 is 1.31 bits per heavy atom. The first kappa shape index (κ1) is 12.4. The molecule has 0 bridgehead atoms. The second-order valence-corrected chi connectivity index (χ2v) is 3.23. The summed E-state index contributed by atoms with van der Waals surface area (Å²) in [7, 11) is 0. The standard InChI is InChI=1S/C10H22N2O/c1-4-7-9(8-11)10(13)12(5-2)6-3/h9H,4-8,11H2,1-3H3. The molecular weight excluding hydrogens is 164 g/mol. The molecule has 3 nitrogen and oxygen atoms in total. The Hall–Kier alpha value is -0.570. The second-order valence-electron chi connectivity index (χ2n) is 3.23. The molecule has 0 saturated heterocycles. The fourth-order valence-corrected chi connectivity index (χ4v) is 1.48. The molecule has 0 aromatic carbocycles. The monoisotopic (exact) mass is 186 g/mol. The minimum absolute atomic E-state index is 0.0323. The Morgan fingerprint density at radius 2 is 1.85 bits per heavy atom. The molecule has 2 N–H and O–H groups in total. The van der Waals surface area contributed by atoms with E-state index in [-0.39, 0.29) is 11.8 Å². The molecule has 0 aliphatic carbocycles. The van der Waals surface area contributed by atoms with E-state index in [2.05, 4.69) is 6.92 Å². The molecule has 0 aliphatic rings. The quantitative estimate of drug-likeness (QED) is 0.678. The van der Waals surface area contributed by atoms with Gasteiger partial charge in [0.25, 0.3) is 0 Å². The summed E-state index contributed by atoms with van der Waals surface area (Å²) in [6, 6.07) is 0. The summed E-state index contributed by atoms with van der Waals surface area (Å²) in [5, 5.41) is 0. The maximum atomic E-state index is 11.8. The molecule has 13 heavy (non-hydrogen) atoms. The summed E-state index contributed by atoms with van der Waals surface area (Å²) in [6.45, 7) is 8.13. The molecule has 1 atom stereocenters. The van der Waals surface area contributed by atoms with Gasteiger partial charge in [0.1, 0.15) is 0 Å². The molecule has 3 heteroatoms. The number of carbonyl (C=O) groups is 1. The summed E-state index contributed by atoms with van der Waals surface area (Å²) in [4.78, 5) is 13.6. The van der Waals surface area contributed by atoms with Crippen LogP contribution in [0.25, 0.3) is 0 Å². The van der Waals surface area contributed by atoms with Crippen LogP contribution in [0.4, 0.5) is 0 Å². The van der Waals surface area contributed by atoms with E-state index in [1.165, 1.54) is 0 Å². The fourth-order valence-electron chi connectivity index (χ4n) is 1.48. The molecule has 0 aliphatic heterocycles. The zero-order valence-corrected chi connectivity index (χ0v) is 9.05. The van der Waals surface area contributed by atoms with Crippen molar-refractivity contribution < 1.29 is 4.79 Å². The van der Waals surface area contributed by atoms with Crippen LogP contribution < -0.4 is 5.73 Å². The minimum Gasteiger partial charge on any atom is -0.343 e. The number of hydrogen-bond acceptors (Lipinski definition) is 2. The first-order valence-electron chi connectivity index (χ1n) is 5.19. The Balaban J connectivity index is 4.16. The van der Waals surface area contributed by atoms with Crippen molar-refractivity contribution >= 4 is 5.91 Å². The van der Waals surface area contributed by atoms with Crippen LogP contribution in [0, 0.1) is 5.92 Å². The van der Waals surface area contributed by atoms with Crippen molar-refractivity contribution in [2.45, 2.75) is 33.6 Å². The van der Waals surface area contributed by atoms with Gasteiger partial charge in [-0.1, -0.05) is 13.3 Å². The Labute approximate surface area is 81.3 Å². The van der Waals surface area contributed by atoms with Gasteiger partial charge >= 0.3 is 0 Å². The smallest absolute Gasteiger partial charge is 0.226 e. The second kappa shape index (κ2) is 6.89. The van der Waals surface area contributed by atoms with E-state index in [0.29, 0.717) is 6.54 Å². The third-order valence-electron chi connectivity index (χ3n) is 2.35. The van der Waals surface area contributed by atoms with E-state index in [1.54, 1.807) is 0 Å². The van der Waals surface area contributed by atoms with Gasteiger partial charge in [-0.05, 0) is 20.3 Å². The van der Waals surface area contributed by atoms with E-state index >= 15 is 0 Å². The molecule has 78 valence electrons. The predicted molar refractivity (Wildman–Crippen MR) is 55.4 cm³/mol. The highest BCUT2D eigenvalue weighted by atomic mass is 16.2. The molecule has 0 heterocycles. The van der Waals surface area contributed by atoms with Gasteiger partial charge in [0.2, 0.25) is 5.91 Å². The summed E-state index contributed by atoms with van der Waals surface area (Å²) < 4.78 is 0. The van der Waals surface area contributed by atoms with Crippen LogP contribution in [0.15, 0.2) is 0 Å². The summed E-state index contributed by atoms with van der Waals surface area (Å²) in [6.07, 6.45) is 1.93. The van der Waals surface area contributed by atoms with Crippen molar-refractivity contribution in [1.82, 2.24) is 4.90 Å². The molecule has 0 rings (SSSR count). The van der Waals surface area contributed by atoms with Gasteiger partial charge < -0.3 is 10.6 Å². The topological polar surface area (TPSA) is 46.3 Å². The normalized spacial score (nSPS) is 12.6. The summed E-state index contributed by atoms with van der Waals surface area (Å²) in [5.41, 5.74) is 5.56. The van der Waals surface area contributed by atoms with Crippen molar-refractivity contribution in [2.24, 2.45) is 11.7 Å². The van der Waals surface area contributed by atoms with Gasteiger partial charge in [0.05, 0.1) is 5.92 Å². The highest BCUT2D eigenvalue weighted by Gasteiger charge is 2.19. The van der Waals surface area contributed by atoms with Crippen LogP contribution in [-0.2, 0) is 4.79 Å². The third-order valence-corrected chi connectivity index (χ3v) is 2.35. The van der Waals surface area contributed by atoms with Crippen molar-refractivity contribution in [2.75, 3.05) is 19.6 Å². The van der Waals surface area contributed by atoms with Gasteiger partial charge in [-0.15, -0.1) is 0 Å². The Morgan fingerprint density at radius 3 is 2.15 bits per heavy atom. The maximum Gasteiger partial charge on any atom is 0.226 e. The number of amides is 1. The lowest BCUT2D eigenvalue weighted by molar-refractivity contribution is -0.135. The predicted octanol–water partition coefficient (Wildman–Crippen LogP) is 1.23. The molecule has 0 spiro atoms. The van der Waals surface area contributed by atoms with Crippen LogP contribution in [0.1, 0.15) is 33.6 Å². The average Bonchev–Trinajstić information content (AvgIpc) is 2.15. The van der Waals surface area contributed by atoms with Crippen molar-refractivity contribution in [1.29, 1.82) is 0 Å². The number of rotatable bonds is 6. The third kappa shape index (κ3) is 3.77. The molecule has 0 saturated carbocycles. The van der Waals surface area contributed by atoms with Gasteiger partial charge in [-0.3, -0.25) is 4.79 Å². The van der Waals surface area contributed by atoms with Crippen LogP contribution in [0.2, 0.25) is 0 Å². The van der Waals surface area contributed by atoms with E-state index in [1.807, 2.05) is 18.7 Å². The van der Waals surface area contributed by atoms with Gasteiger partial charge in [0, 0.05) is 19.6 Å². The van der Waals surface area contributed by atoms with E-state index in [0.717, 1.165) is 25.9 Å². The van der Waals surface area contributed by atoms with E-state index in [4.69, 9.17) is 5.73 Å². The number of nitrogens with two attached hydrogens (primary N) is 1. The molecule has 0 fully saturated rings. The SMILES string of the molecule is CCCC(CN)C(=O)N(CC)CC. The molecule has 0 aromatic rings. The molecular formula is C10H22N2O. The average molecular weight is 186 g/mol. The van der Waals surface area contributed by atoms with Gasteiger partial charge in [0.15, 0.2) is 0 Å². The summed E-state index contributed by atoms with van der Waals surface area (Å²) >= 11 is 0. The fraction of sp³-hybridized carbons (Fsp3) is 0.900. The Kier molecular flexibility index (Phi) is 6.59. The number of carbonyl (C=O) groups excluding carboxylic acids is 1. The molecule has 1 unspecified atom stereocenters. The van der Waals surface area contributed by atoms with Crippen LogP contribution in [0.3, 0.4) is 0 Å². The van der Waals surface area contributed by atoms with Crippen LogP contribution in [0.5, 0.6) is 0 Å². The van der Waals surface area contributed by atoms with E-state index < -0.39 is 0 Å². The van der Waals surface area contributed by atoms with Gasteiger partial charge in [-0.25, -0.2) is 0 Å². The zero-order chi connectivity index (χ0) is 10.3. The first-order valence-corrected chi connectivity index (χ1v) is 5.19. The minimum atomic E-state index is 0.0323. The van der Waals surface area contributed by atoms with Crippen LogP contribution >= 0.6 is 0 Å². The Bertz CT molecular complexity index is 144. The first-order chi connectivity index (χ1) is 6.21. The zero-order valence-electron chi connectivity index (χ0n) is 9.05. The molecule has 0 radical (unpaired) electrons. The largest absolute Gasteiger partial charge is 0.343 e. The highest BCUT2D eigenvalue weighted by Crippen LogP contribution is 2.08. The van der Waals surface area contributed by atoms with Gasteiger partial charge in [-0.2, -0.15) is 0 Å². The lowest BCUT2D eigenvalue weighted by atomic mass is 10.0. The molecule has 1 amide bonds. The number of nitrogens with zero attached hydrogens (tertiary/aromatic N) is 1. The van der Waals surface area contributed by atoms with E-state index in [9.17, 15) is 4.79 Å². The maximum absolute atomic E-state index is 11.8. The number of hydrogen-bond donors (Lipinski definition) is 1. The molecule has 0 aromatic heterocycles. The van der Waals surface area contributed by atoms with Crippen LogP contribution in [-0.4, -0.2) is 30.4 Å². The lowest BCUT2D eigenvalue weighted by Crippen LogP contribution is -2.38.